The van der Waals surface area contributed by atoms with E-state index < -0.39 is 5.97 Å². The van der Waals surface area contributed by atoms with Crippen LogP contribution in [-0.2, 0) is 0 Å². The highest BCUT2D eigenvalue weighted by molar-refractivity contribution is 7.10. The Labute approximate surface area is 108 Å². The molecular formula is C12H14N2O3S. The van der Waals surface area contributed by atoms with Gasteiger partial charge in [-0.05, 0) is 17.4 Å². The van der Waals surface area contributed by atoms with Crippen molar-refractivity contribution in [3.05, 3.63) is 34.3 Å². The molecule has 2 aromatic rings. The third kappa shape index (κ3) is 2.70. The van der Waals surface area contributed by atoms with Crippen LogP contribution in [0.4, 0.5) is 6.01 Å². The number of nitrogens with zero attached hydrogens (tertiary/aromatic N) is 1. The van der Waals surface area contributed by atoms with Gasteiger partial charge in [0.15, 0.2) is 5.69 Å². The van der Waals surface area contributed by atoms with Crippen molar-refractivity contribution in [2.75, 3.05) is 5.32 Å². The first kappa shape index (κ1) is 12.6. The minimum atomic E-state index is -1.09. The summed E-state index contributed by atoms with van der Waals surface area (Å²) in [5, 5.41) is 13.9. The SMILES string of the molecule is CC(C)C(Nc1nc(C(=O)O)co1)c1cccs1. The Bertz CT molecular complexity index is 519. The van der Waals surface area contributed by atoms with Gasteiger partial charge in [0.2, 0.25) is 0 Å². The van der Waals surface area contributed by atoms with Crippen molar-refractivity contribution in [2.24, 2.45) is 5.92 Å². The molecule has 96 valence electrons. The van der Waals surface area contributed by atoms with E-state index in [2.05, 4.69) is 24.1 Å². The van der Waals surface area contributed by atoms with Crippen LogP contribution >= 0.6 is 11.3 Å². The predicted molar refractivity (Wildman–Crippen MR) is 69.0 cm³/mol. The Morgan fingerprint density at radius 3 is 2.83 bits per heavy atom. The summed E-state index contributed by atoms with van der Waals surface area (Å²) in [6.45, 7) is 4.16. The van der Waals surface area contributed by atoms with Gasteiger partial charge in [-0.3, -0.25) is 0 Å². The first-order valence-electron chi connectivity index (χ1n) is 5.56. The molecule has 2 N–H and O–H groups in total. The normalized spacial score (nSPS) is 12.6. The lowest BCUT2D eigenvalue weighted by Crippen LogP contribution is -2.15. The van der Waals surface area contributed by atoms with Crippen LogP contribution in [0, 0.1) is 5.92 Å². The summed E-state index contributed by atoms with van der Waals surface area (Å²) in [7, 11) is 0. The number of aromatic carboxylic acids is 1. The van der Waals surface area contributed by atoms with Crippen molar-refractivity contribution < 1.29 is 14.3 Å². The van der Waals surface area contributed by atoms with Crippen molar-refractivity contribution >= 4 is 23.3 Å². The maximum Gasteiger partial charge on any atom is 0.357 e. The van der Waals surface area contributed by atoms with Crippen molar-refractivity contribution in [1.82, 2.24) is 4.98 Å². The maximum absolute atomic E-state index is 10.7. The number of carboxylic acid groups (broad SMARTS) is 1. The van der Waals surface area contributed by atoms with Crippen LogP contribution in [0.25, 0.3) is 0 Å². The second-order valence-electron chi connectivity index (χ2n) is 4.22. The molecule has 1 atom stereocenters. The minimum Gasteiger partial charge on any atom is -0.476 e. The molecule has 2 aromatic heterocycles. The fourth-order valence-corrected chi connectivity index (χ4v) is 2.55. The van der Waals surface area contributed by atoms with Gasteiger partial charge in [-0.2, -0.15) is 4.98 Å². The van der Waals surface area contributed by atoms with E-state index in [1.54, 1.807) is 11.3 Å². The second kappa shape index (κ2) is 5.22. The monoisotopic (exact) mass is 266 g/mol. The molecule has 0 aromatic carbocycles. The smallest absolute Gasteiger partial charge is 0.357 e. The number of aromatic nitrogens is 1. The van der Waals surface area contributed by atoms with Gasteiger partial charge < -0.3 is 14.8 Å². The summed E-state index contributed by atoms with van der Waals surface area (Å²) in [5.41, 5.74) is -0.0915. The Balaban J connectivity index is 2.16. The number of thiophene rings is 1. The van der Waals surface area contributed by atoms with Crippen molar-refractivity contribution in [3.63, 3.8) is 0 Å². The Morgan fingerprint density at radius 1 is 1.56 bits per heavy atom. The third-order valence-corrected chi connectivity index (χ3v) is 3.47. The van der Waals surface area contributed by atoms with Crippen molar-refractivity contribution in [1.29, 1.82) is 0 Å². The number of carboxylic acids is 1. The van der Waals surface area contributed by atoms with E-state index in [0.29, 0.717) is 5.92 Å². The molecule has 0 saturated heterocycles. The van der Waals surface area contributed by atoms with Crippen LogP contribution in [0.5, 0.6) is 0 Å². The molecule has 2 rings (SSSR count). The van der Waals surface area contributed by atoms with Gasteiger partial charge in [0.1, 0.15) is 6.26 Å². The van der Waals surface area contributed by atoms with Crippen LogP contribution < -0.4 is 5.32 Å². The molecule has 6 heteroatoms. The van der Waals surface area contributed by atoms with E-state index in [9.17, 15) is 4.79 Å². The molecule has 0 aliphatic heterocycles. The number of nitrogens with one attached hydrogen (secondary N) is 1. The van der Waals surface area contributed by atoms with Gasteiger partial charge in [0.25, 0.3) is 6.01 Å². The van der Waals surface area contributed by atoms with Crippen LogP contribution in [0.3, 0.4) is 0 Å². The molecule has 18 heavy (non-hydrogen) atoms. The zero-order valence-corrected chi connectivity index (χ0v) is 10.9. The lowest BCUT2D eigenvalue weighted by molar-refractivity contribution is 0.0690. The third-order valence-electron chi connectivity index (χ3n) is 2.52. The maximum atomic E-state index is 10.7. The van der Waals surface area contributed by atoms with Gasteiger partial charge in [0.05, 0.1) is 6.04 Å². The Kier molecular flexibility index (Phi) is 3.66. The molecule has 0 radical (unpaired) electrons. The number of hydrogen-bond acceptors (Lipinski definition) is 5. The summed E-state index contributed by atoms with van der Waals surface area (Å²) < 4.78 is 5.11. The minimum absolute atomic E-state index is 0.0605. The Hall–Kier alpha value is -1.82. The standard InChI is InChI=1S/C12H14N2O3S/c1-7(2)10(9-4-3-5-18-9)14-12-13-8(6-17-12)11(15)16/h3-7,10H,1-2H3,(H,13,14)(H,15,16). The van der Waals surface area contributed by atoms with Gasteiger partial charge >= 0.3 is 5.97 Å². The summed E-state index contributed by atoms with van der Waals surface area (Å²) in [6, 6.07) is 4.31. The molecule has 0 bridgehead atoms. The average Bonchev–Trinajstić information content (AvgIpc) is 2.96. The zero-order chi connectivity index (χ0) is 13.1. The van der Waals surface area contributed by atoms with Crippen LogP contribution in [0.2, 0.25) is 0 Å². The molecular weight excluding hydrogens is 252 g/mol. The van der Waals surface area contributed by atoms with Crippen LogP contribution in [-0.4, -0.2) is 16.1 Å². The van der Waals surface area contributed by atoms with Gasteiger partial charge in [-0.25, -0.2) is 4.79 Å². The Morgan fingerprint density at radius 2 is 2.33 bits per heavy atom. The largest absolute Gasteiger partial charge is 0.476 e. The predicted octanol–water partition coefficient (Wildman–Crippen LogP) is 3.24. The molecule has 0 spiro atoms. The molecule has 0 aliphatic rings. The van der Waals surface area contributed by atoms with Crippen molar-refractivity contribution in [2.45, 2.75) is 19.9 Å². The molecule has 0 fully saturated rings. The summed E-state index contributed by atoms with van der Waals surface area (Å²) in [6.07, 6.45) is 1.14. The summed E-state index contributed by atoms with van der Waals surface area (Å²) >= 11 is 1.64. The van der Waals surface area contributed by atoms with E-state index in [4.69, 9.17) is 9.52 Å². The highest BCUT2D eigenvalue weighted by Crippen LogP contribution is 2.29. The fourth-order valence-electron chi connectivity index (χ4n) is 1.61. The lowest BCUT2D eigenvalue weighted by atomic mass is 10.0. The summed E-state index contributed by atoms with van der Waals surface area (Å²) in [4.78, 5) is 15.8. The van der Waals surface area contributed by atoms with Crippen molar-refractivity contribution in [3.8, 4) is 0 Å². The van der Waals surface area contributed by atoms with E-state index in [1.165, 1.54) is 4.88 Å². The number of hydrogen-bond donors (Lipinski definition) is 2. The summed E-state index contributed by atoms with van der Waals surface area (Å²) in [5.74, 6) is -0.757. The highest BCUT2D eigenvalue weighted by Gasteiger charge is 2.19. The van der Waals surface area contributed by atoms with Crippen LogP contribution in [0.15, 0.2) is 28.2 Å². The lowest BCUT2D eigenvalue weighted by Gasteiger charge is -2.19. The molecule has 5 nitrogen and oxygen atoms in total. The van der Waals surface area contributed by atoms with E-state index in [1.807, 2.05) is 17.5 Å². The molecule has 2 heterocycles. The van der Waals surface area contributed by atoms with E-state index in [-0.39, 0.29) is 17.8 Å². The van der Waals surface area contributed by atoms with E-state index >= 15 is 0 Å². The van der Waals surface area contributed by atoms with Crippen LogP contribution in [0.1, 0.15) is 35.3 Å². The number of carbonyl (C=O) groups is 1. The van der Waals surface area contributed by atoms with Gasteiger partial charge in [0, 0.05) is 4.88 Å². The average molecular weight is 266 g/mol. The topological polar surface area (TPSA) is 75.4 Å². The molecule has 0 aliphatic carbocycles. The van der Waals surface area contributed by atoms with Gasteiger partial charge in [-0.1, -0.05) is 19.9 Å². The molecule has 0 saturated carbocycles. The quantitative estimate of drug-likeness (QED) is 0.868. The first-order chi connectivity index (χ1) is 8.58. The number of oxazole rings is 1. The second-order valence-corrected chi connectivity index (χ2v) is 5.20. The van der Waals surface area contributed by atoms with E-state index in [0.717, 1.165) is 6.26 Å². The zero-order valence-electron chi connectivity index (χ0n) is 10.1. The number of rotatable bonds is 5. The first-order valence-corrected chi connectivity index (χ1v) is 6.44. The highest BCUT2D eigenvalue weighted by atomic mass is 32.1. The fraction of sp³-hybridized carbons (Fsp3) is 0.333. The molecule has 1 unspecified atom stereocenters. The van der Waals surface area contributed by atoms with Gasteiger partial charge in [-0.15, -0.1) is 11.3 Å². The number of anilines is 1. The molecule has 0 amide bonds.